The van der Waals surface area contributed by atoms with Gasteiger partial charge >= 0.3 is 0 Å². The highest BCUT2D eigenvalue weighted by Gasteiger charge is 2.28. The average molecular weight is 187 g/mol. The molecule has 3 heterocycles. The molecular weight excluding hydrogens is 178 g/mol. The number of aromatic nitrogens is 2. The third-order valence-corrected chi connectivity index (χ3v) is 2.39. The molecule has 0 spiro atoms. The van der Waals surface area contributed by atoms with E-state index in [1.54, 1.807) is 12.4 Å². The fourth-order valence-corrected chi connectivity index (χ4v) is 1.75. The molecular formula is C9H9N5. The first-order chi connectivity index (χ1) is 6.86. The Kier molecular flexibility index (Phi) is 1.41. The first-order valence-electron chi connectivity index (χ1n) is 4.55. The van der Waals surface area contributed by atoms with Crippen LogP contribution in [0.2, 0.25) is 0 Å². The van der Waals surface area contributed by atoms with Crippen molar-refractivity contribution in [3.05, 3.63) is 18.1 Å². The van der Waals surface area contributed by atoms with E-state index in [9.17, 15) is 0 Å². The van der Waals surface area contributed by atoms with Crippen molar-refractivity contribution in [3.63, 3.8) is 0 Å². The van der Waals surface area contributed by atoms with Gasteiger partial charge in [-0.1, -0.05) is 0 Å². The Balaban J connectivity index is 2.25. The second kappa shape index (κ2) is 2.60. The lowest BCUT2D eigenvalue weighted by Crippen LogP contribution is -2.36. The van der Waals surface area contributed by atoms with Gasteiger partial charge in [0.2, 0.25) is 0 Å². The molecule has 0 aliphatic carbocycles. The van der Waals surface area contributed by atoms with Gasteiger partial charge in [0.05, 0.1) is 6.54 Å². The minimum atomic E-state index is 0.682. The van der Waals surface area contributed by atoms with Gasteiger partial charge in [0.15, 0.2) is 17.3 Å². The molecule has 5 heteroatoms. The fraction of sp³-hybridized carbons (Fsp3) is 0.333. The third kappa shape index (κ3) is 0.891. The molecule has 2 aliphatic rings. The first kappa shape index (κ1) is 7.61. The summed E-state index contributed by atoms with van der Waals surface area (Å²) in [6.07, 6.45) is 3.33. The number of hydrogen-bond donors (Lipinski definition) is 0. The van der Waals surface area contributed by atoms with E-state index >= 15 is 0 Å². The third-order valence-electron chi connectivity index (χ3n) is 2.39. The number of aliphatic imine (C=N–C) groups is 2. The van der Waals surface area contributed by atoms with E-state index in [0.29, 0.717) is 5.82 Å². The minimum Gasteiger partial charge on any atom is -0.311 e. The summed E-state index contributed by atoms with van der Waals surface area (Å²) in [5.41, 5.74) is 0.801. The molecule has 1 aromatic rings. The van der Waals surface area contributed by atoms with Gasteiger partial charge in [-0.15, -0.1) is 0 Å². The van der Waals surface area contributed by atoms with E-state index in [0.717, 1.165) is 30.5 Å². The van der Waals surface area contributed by atoms with Crippen molar-refractivity contribution in [1.82, 2.24) is 14.9 Å². The van der Waals surface area contributed by atoms with Gasteiger partial charge in [0.1, 0.15) is 5.84 Å². The molecule has 0 bridgehead atoms. The highest BCUT2D eigenvalue weighted by molar-refractivity contribution is 6.13. The molecule has 70 valence electrons. The van der Waals surface area contributed by atoms with Crippen molar-refractivity contribution < 1.29 is 0 Å². The van der Waals surface area contributed by atoms with Crippen LogP contribution in [0.5, 0.6) is 0 Å². The predicted molar refractivity (Wildman–Crippen MR) is 52.9 cm³/mol. The van der Waals surface area contributed by atoms with E-state index in [2.05, 4.69) is 24.9 Å². The second-order valence-corrected chi connectivity index (χ2v) is 3.24. The Bertz CT molecular complexity index is 448. The maximum atomic E-state index is 4.41. The predicted octanol–water partition coefficient (Wildman–Crippen LogP) is 0.602. The van der Waals surface area contributed by atoms with E-state index < -0.39 is 0 Å². The Morgan fingerprint density at radius 1 is 1.29 bits per heavy atom. The largest absolute Gasteiger partial charge is 0.311 e. The summed E-state index contributed by atoms with van der Waals surface area (Å²) in [5.74, 6) is 2.55. The van der Waals surface area contributed by atoms with Crippen LogP contribution in [0.15, 0.2) is 22.4 Å². The Labute approximate surface area is 81.2 Å². The van der Waals surface area contributed by atoms with Gasteiger partial charge in [0.25, 0.3) is 0 Å². The Morgan fingerprint density at radius 3 is 3.07 bits per heavy atom. The molecule has 0 unspecified atom stereocenters. The summed E-state index contributed by atoms with van der Waals surface area (Å²) < 4.78 is 0. The van der Waals surface area contributed by atoms with E-state index in [-0.39, 0.29) is 0 Å². The molecule has 0 amide bonds. The standard InChI is InChI=1S/C9H9N5/c1-6-13-8-7(10-2-3-11-8)9-12-4-5-14(6)9/h2-3H,4-5H2,1H3. The number of fused-ring (bicyclic) bond motifs is 3. The van der Waals surface area contributed by atoms with Crippen LogP contribution in [0.1, 0.15) is 12.6 Å². The highest BCUT2D eigenvalue weighted by atomic mass is 15.3. The molecule has 0 aromatic carbocycles. The lowest BCUT2D eigenvalue weighted by molar-refractivity contribution is 0.654. The van der Waals surface area contributed by atoms with Crippen molar-refractivity contribution in [2.24, 2.45) is 9.98 Å². The maximum absolute atomic E-state index is 4.41. The minimum absolute atomic E-state index is 0.682. The van der Waals surface area contributed by atoms with E-state index in [4.69, 9.17) is 0 Å². The molecule has 14 heavy (non-hydrogen) atoms. The first-order valence-corrected chi connectivity index (χ1v) is 4.55. The van der Waals surface area contributed by atoms with Gasteiger partial charge in [-0.25, -0.2) is 15.0 Å². The summed E-state index contributed by atoms with van der Waals surface area (Å²) in [6.45, 7) is 3.69. The Hall–Kier alpha value is -1.78. The van der Waals surface area contributed by atoms with Crippen LogP contribution in [-0.4, -0.2) is 39.6 Å². The van der Waals surface area contributed by atoms with Crippen LogP contribution in [0.4, 0.5) is 5.82 Å². The zero-order valence-corrected chi connectivity index (χ0v) is 7.80. The second-order valence-electron chi connectivity index (χ2n) is 3.24. The normalized spacial score (nSPS) is 18.5. The molecule has 2 aliphatic heterocycles. The van der Waals surface area contributed by atoms with Gasteiger partial charge in [-0.3, -0.25) is 4.99 Å². The van der Waals surface area contributed by atoms with Crippen LogP contribution in [-0.2, 0) is 0 Å². The Morgan fingerprint density at radius 2 is 2.14 bits per heavy atom. The van der Waals surface area contributed by atoms with Crippen molar-refractivity contribution in [2.75, 3.05) is 13.1 Å². The summed E-state index contributed by atoms with van der Waals surface area (Å²) >= 11 is 0. The maximum Gasteiger partial charge on any atom is 0.183 e. The number of rotatable bonds is 0. The summed E-state index contributed by atoms with van der Waals surface area (Å²) in [6, 6.07) is 0. The molecule has 5 nitrogen and oxygen atoms in total. The lowest BCUT2D eigenvalue weighted by Gasteiger charge is -2.23. The molecule has 0 N–H and O–H groups in total. The van der Waals surface area contributed by atoms with Crippen molar-refractivity contribution in [2.45, 2.75) is 6.92 Å². The molecule has 0 saturated carbocycles. The van der Waals surface area contributed by atoms with E-state index in [1.165, 1.54) is 0 Å². The zero-order chi connectivity index (χ0) is 9.54. The number of hydrogen-bond acceptors (Lipinski definition) is 5. The summed E-state index contributed by atoms with van der Waals surface area (Å²) in [5, 5.41) is 0. The highest BCUT2D eigenvalue weighted by Crippen LogP contribution is 2.23. The quantitative estimate of drug-likeness (QED) is 0.597. The van der Waals surface area contributed by atoms with Crippen LogP contribution in [0.25, 0.3) is 0 Å². The van der Waals surface area contributed by atoms with Gasteiger partial charge in [0, 0.05) is 18.9 Å². The van der Waals surface area contributed by atoms with Crippen molar-refractivity contribution in [3.8, 4) is 0 Å². The topological polar surface area (TPSA) is 53.7 Å². The monoisotopic (exact) mass is 187 g/mol. The zero-order valence-electron chi connectivity index (χ0n) is 7.80. The fourth-order valence-electron chi connectivity index (χ4n) is 1.75. The van der Waals surface area contributed by atoms with Crippen LogP contribution in [0, 0.1) is 0 Å². The molecule has 1 aromatic heterocycles. The summed E-state index contributed by atoms with van der Waals surface area (Å²) in [7, 11) is 0. The SMILES string of the molecule is CC1=Nc2nccnc2C2=NCCN12. The van der Waals surface area contributed by atoms with Gasteiger partial charge in [-0.2, -0.15) is 0 Å². The molecule has 0 atom stereocenters. The van der Waals surface area contributed by atoms with Crippen LogP contribution >= 0.6 is 0 Å². The van der Waals surface area contributed by atoms with Gasteiger partial charge < -0.3 is 4.90 Å². The van der Waals surface area contributed by atoms with Crippen molar-refractivity contribution in [1.29, 1.82) is 0 Å². The number of amidine groups is 2. The van der Waals surface area contributed by atoms with Gasteiger partial charge in [-0.05, 0) is 6.92 Å². The van der Waals surface area contributed by atoms with Crippen molar-refractivity contribution >= 4 is 17.5 Å². The lowest BCUT2D eigenvalue weighted by atomic mass is 10.3. The van der Waals surface area contributed by atoms with E-state index in [1.807, 2.05) is 6.92 Å². The van der Waals surface area contributed by atoms with Crippen LogP contribution < -0.4 is 0 Å². The number of nitrogens with zero attached hydrogens (tertiary/aromatic N) is 5. The average Bonchev–Trinajstić information content (AvgIpc) is 2.67. The molecule has 3 rings (SSSR count). The summed E-state index contributed by atoms with van der Waals surface area (Å²) in [4.78, 5) is 19.3. The molecule has 0 fully saturated rings. The molecule has 0 saturated heterocycles. The van der Waals surface area contributed by atoms with Crippen LogP contribution in [0.3, 0.4) is 0 Å². The smallest absolute Gasteiger partial charge is 0.183 e. The molecule has 0 radical (unpaired) electrons.